The van der Waals surface area contributed by atoms with Crippen LogP contribution in [0, 0.1) is 5.41 Å². The maximum atomic E-state index is 13.2. The molecule has 7 heteroatoms. The largest absolute Gasteiger partial charge is 0.378 e. The van der Waals surface area contributed by atoms with Crippen LogP contribution >= 0.6 is 0 Å². The van der Waals surface area contributed by atoms with Gasteiger partial charge in [-0.15, -0.1) is 0 Å². The molecular weight excluding hydrogens is 344 g/mol. The maximum absolute atomic E-state index is 13.2. The van der Waals surface area contributed by atoms with Gasteiger partial charge in [0.2, 0.25) is 11.8 Å². The molecule has 2 unspecified atom stereocenters. The summed E-state index contributed by atoms with van der Waals surface area (Å²) in [5.74, 6) is 0.190. The lowest BCUT2D eigenvalue weighted by molar-refractivity contribution is -0.179. The number of hydrogen-bond acceptors (Lipinski definition) is 5. The van der Waals surface area contributed by atoms with Crippen molar-refractivity contribution in [2.45, 2.75) is 59.1 Å². The number of rotatable bonds is 7. The van der Waals surface area contributed by atoms with Gasteiger partial charge in [-0.1, -0.05) is 13.8 Å². The van der Waals surface area contributed by atoms with Crippen LogP contribution in [0.15, 0.2) is 0 Å². The SMILES string of the molecule is CCOC1CC(N)(C(=O)N2CCCN(CC(=O)N(CC)CC)CC2)C1(C)C. The third-order valence-corrected chi connectivity index (χ3v) is 6.56. The van der Waals surface area contributed by atoms with Crippen molar-refractivity contribution in [3.05, 3.63) is 0 Å². The molecule has 1 aliphatic heterocycles. The Morgan fingerprint density at radius 2 is 1.78 bits per heavy atom. The Balaban J connectivity index is 1.94. The molecule has 156 valence electrons. The number of nitrogens with zero attached hydrogens (tertiary/aromatic N) is 3. The van der Waals surface area contributed by atoms with Crippen molar-refractivity contribution in [1.29, 1.82) is 0 Å². The van der Waals surface area contributed by atoms with Crippen molar-refractivity contribution in [1.82, 2.24) is 14.7 Å². The van der Waals surface area contributed by atoms with Crippen LogP contribution in [0.2, 0.25) is 0 Å². The molecule has 1 heterocycles. The fourth-order valence-corrected chi connectivity index (χ4v) is 4.28. The minimum atomic E-state index is -0.862. The van der Waals surface area contributed by atoms with Crippen LogP contribution in [0.25, 0.3) is 0 Å². The van der Waals surface area contributed by atoms with Crippen molar-refractivity contribution in [3.8, 4) is 0 Å². The first kappa shape index (κ1) is 22.1. The van der Waals surface area contributed by atoms with Crippen LogP contribution in [0.5, 0.6) is 0 Å². The van der Waals surface area contributed by atoms with Crippen molar-refractivity contribution >= 4 is 11.8 Å². The number of hydrogen-bond donors (Lipinski definition) is 1. The smallest absolute Gasteiger partial charge is 0.243 e. The van der Waals surface area contributed by atoms with Gasteiger partial charge in [0.05, 0.1) is 12.6 Å². The molecule has 1 aliphatic carbocycles. The van der Waals surface area contributed by atoms with Crippen molar-refractivity contribution in [2.24, 2.45) is 11.1 Å². The van der Waals surface area contributed by atoms with Gasteiger partial charge in [0.25, 0.3) is 0 Å². The fraction of sp³-hybridized carbons (Fsp3) is 0.900. The molecule has 2 amide bonds. The molecule has 0 bridgehead atoms. The van der Waals surface area contributed by atoms with Gasteiger partial charge in [-0.25, -0.2) is 0 Å². The van der Waals surface area contributed by atoms with Crippen molar-refractivity contribution in [3.63, 3.8) is 0 Å². The molecule has 1 saturated carbocycles. The fourth-order valence-electron chi connectivity index (χ4n) is 4.28. The molecule has 0 aromatic heterocycles. The summed E-state index contributed by atoms with van der Waals surface area (Å²) in [6.45, 7) is 15.4. The second-order valence-electron chi connectivity index (χ2n) is 8.33. The van der Waals surface area contributed by atoms with Crippen LogP contribution in [-0.2, 0) is 14.3 Å². The summed E-state index contributed by atoms with van der Waals surface area (Å²) >= 11 is 0. The lowest BCUT2D eigenvalue weighted by atomic mass is 9.54. The summed E-state index contributed by atoms with van der Waals surface area (Å²) < 4.78 is 5.75. The standard InChI is InChI=1S/C20H38N4O3/c1-6-23(7-2)17(25)15-22-10-9-11-24(13-12-22)18(26)20(21)14-16(27-8-3)19(20,4)5/h16H,6-15,21H2,1-5H3. The number of likely N-dealkylation sites (N-methyl/N-ethyl adjacent to an activating group) is 1. The Kier molecular flexibility index (Phi) is 7.27. The normalized spacial score (nSPS) is 28.4. The van der Waals surface area contributed by atoms with E-state index >= 15 is 0 Å². The summed E-state index contributed by atoms with van der Waals surface area (Å²) in [7, 11) is 0. The van der Waals surface area contributed by atoms with Gasteiger partial charge >= 0.3 is 0 Å². The van der Waals surface area contributed by atoms with E-state index in [2.05, 4.69) is 4.90 Å². The molecule has 2 N–H and O–H groups in total. The summed E-state index contributed by atoms with van der Waals surface area (Å²) in [6, 6.07) is 0. The number of carbonyl (C=O) groups excluding carboxylic acids is 2. The molecule has 0 radical (unpaired) electrons. The van der Waals surface area contributed by atoms with E-state index < -0.39 is 5.54 Å². The van der Waals surface area contributed by atoms with Gasteiger partial charge in [-0.05, 0) is 27.2 Å². The molecule has 0 spiro atoms. The van der Waals surface area contributed by atoms with E-state index in [1.54, 1.807) is 0 Å². The molecule has 27 heavy (non-hydrogen) atoms. The van der Waals surface area contributed by atoms with Crippen molar-refractivity contribution < 1.29 is 14.3 Å². The van der Waals surface area contributed by atoms with Gasteiger partial charge in [-0.3, -0.25) is 14.5 Å². The van der Waals surface area contributed by atoms with E-state index in [-0.39, 0.29) is 23.3 Å². The molecule has 2 aliphatic rings. The Hall–Kier alpha value is -1.18. The Labute approximate surface area is 164 Å². The zero-order chi connectivity index (χ0) is 20.2. The summed E-state index contributed by atoms with van der Waals surface area (Å²) in [4.78, 5) is 31.5. The Morgan fingerprint density at radius 3 is 2.33 bits per heavy atom. The van der Waals surface area contributed by atoms with Gasteiger partial charge in [0.1, 0.15) is 5.54 Å². The van der Waals surface area contributed by atoms with E-state index in [9.17, 15) is 9.59 Å². The van der Waals surface area contributed by atoms with Crippen molar-refractivity contribution in [2.75, 3.05) is 52.4 Å². The quantitative estimate of drug-likeness (QED) is 0.708. The highest BCUT2D eigenvalue weighted by Gasteiger charge is 2.63. The predicted molar refractivity (Wildman–Crippen MR) is 106 cm³/mol. The minimum Gasteiger partial charge on any atom is -0.378 e. The highest BCUT2D eigenvalue weighted by molar-refractivity contribution is 5.89. The monoisotopic (exact) mass is 382 g/mol. The summed E-state index contributed by atoms with van der Waals surface area (Å²) in [6.07, 6.45) is 1.47. The topological polar surface area (TPSA) is 79.1 Å². The van der Waals surface area contributed by atoms with Crippen LogP contribution in [0.4, 0.5) is 0 Å². The molecule has 2 fully saturated rings. The van der Waals surface area contributed by atoms with Gasteiger partial charge in [0, 0.05) is 57.7 Å². The molecule has 1 saturated heterocycles. The van der Waals surface area contributed by atoms with Crippen LogP contribution < -0.4 is 5.73 Å². The average molecular weight is 383 g/mol. The molecule has 0 aromatic rings. The first-order chi connectivity index (χ1) is 12.7. The zero-order valence-electron chi connectivity index (χ0n) is 17.8. The third kappa shape index (κ3) is 4.30. The lowest BCUT2D eigenvalue weighted by Crippen LogP contribution is -2.76. The second-order valence-corrected chi connectivity index (χ2v) is 8.33. The Morgan fingerprint density at radius 1 is 1.11 bits per heavy atom. The highest BCUT2D eigenvalue weighted by Crippen LogP contribution is 2.50. The van der Waals surface area contributed by atoms with Gasteiger partial charge in [0.15, 0.2) is 0 Å². The van der Waals surface area contributed by atoms with E-state index in [0.29, 0.717) is 39.2 Å². The zero-order valence-corrected chi connectivity index (χ0v) is 17.8. The van der Waals surface area contributed by atoms with Gasteiger partial charge < -0.3 is 20.3 Å². The number of carbonyl (C=O) groups is 2. The Bertz CT molecular complexity index is 535. The highest BCUT2D eigenvalue weighted by atomic mass is 16.5. The molecular formula is C20H38N4O3. The molecule has 0 aromatic carbocycles. The van der Waals surface area contributed by atoms with E-state index in [0.717, 1.165) is 26.1 Å². The first-order valence-corrected chi connectivity index (χ1v) is 10.4. The van der Waals surface area contributed by atoms with E-state index in [1.165, 1.54) is 0 Å². The van der Waals surface area contributed by atoms with Gasteiger partial charge in [-0.2, -0.15) is 0 Å². The van der Waals surface area contributed by atoms with Crippen LogP contribution in [0.3, 0.4) is 0 Å². The van der Waals surface area contributed by atoms with E-state index in [4.69, 9.17) is 10.5 Å². The number of amides is 2. The molecule has 7 nitrogen and oxygen atoms in total. The van der Waals surface area contributed by atoms with E-state index in [1.807, 2.05) is 44.4 Å². The van der Waals surface area contributed by atoms with Crippen LogP contribution in [0.1, 0.15) is 47.5 Å². The molecule has 2 rings (SSSR count). The predicted octanol–water partition coefficient (Wildman–Crippen LogP) is 0.922. The second kappa shape index (κ2) is 8.88. The maximum Gasteiger partial charge on any atom is 0.243 e. The molecule has 2 atom stereocenters. The summed E-state index contributed by atoms with van der Waals surface area (Å²) in [5, 5.41) is 0. The number of ether oxygens (including phenoxy) is 1. The summed E-state index contributed by atoms with van der Waals surface area (Å²) in [5.41, 5.74) is 5.34. The first-order valence-electron chi connectivity index (χ1n) is 10.4. The van der Waals surface area contributed by atoms with Crippen LogP contribution in [-0.4, -0.2) is 90.6 Å². The number of nitrogens with two attached hydrogens (primary N) is 1. The third-order valence-electron chi connectivity index (χ3n) is 6.56. The minimum absolute atomic E-state index is 0.0281. The lowest BCUT2D eigenvalue weighted by Gasteiger charge is -2.58. The average Bonchev–Trinajstić information content (AvgIpc) is 2.87.